The van der Waals surface area contributed by atoms with Crippen molar-refractivity contribution in [3.63, 3.8) is 0 Å². The minimum atomic E-state index is -1.90. The fourth-order valence-electron chi connectivity index (χ4n) is 0. The van der Waals surface area contributed by atoms with E-state index in [0.717, 1.165) is 4.91 Å². The molecule has 22 valence electrons. The summed E-state index contributed by atoms with van der Waals surface area (Å²) in [5.41, 5.74) is 0. The van der Waals surface area contributed by atoms with E-state index in [1.807, 2.05) is 0 Å². The second-order valence-corrected chi connectivity index (χ2v) is 0.982. The third kappa shape index (κ3) is 2.18. The summed E-state index contributed by atoms with van der Waals surface area (Å²) in [6.45, 7) is 0. The van der Waals surface area contributed by atoms with Gasteiger partial charge in [-0.1, -0.05) is 0 Å². The molecule has 0 amide bonds. The SMILES string of the molecule is F[C]#[Ge][F]. The van der Waals surface area contributed by atoms with E-state index in [4.69, 9.17) is 0 Å². The Kier molecular flexibility index (Phi) is 3.33. The van der Waals surface area contributed by atoms with Crippen molar-refractivity contribution in [2.75, 3.05) is 0 Å². The van der Waals surface area contributed by atoms with Crippen LogP contribution >= 0.6 is 0 Å². The Hall–Kier alpha value is 0.183. The van der Waals surface area contributed by atoms with Crippen molar-refractivity contribution >= 4 is 15.3 Å². The molecule has 0 bridgehead atoms. The molecule has 0 radical (unpaired) electrons. The molecule has 0 aromatic heterocycles. The van der Waals surface area contributed by atoms with Crippen LogP contribution in [0.25, 0.3) is 0 Å². The summed E-state index contributed by atoms with van der Waals surface area (Å²) in [6.07, 6.45) is 0. The Bertz CT molecular complexity index is 42.8. The predicted molar refractivity (Wildman–Crippen MR) is 11.9 cm³/mol. The van der Waals surface area contributed by atoms with Crippen LogP contribution in [0, 0.1) is 4.91 Å². The Morgan fingerprint density at radius 2 is 2.00 bits per heavy atom. The molecule has 0 aliphatic heterocycles. The summed E-state index contributed by atoms with van der Waals surface area (Å²) >= 11 is -1.90. The van der Waals surface area contributed by atoms with Crippen molar-refractivity contribution in [2.45, 2.75) is 0 Å². The average molecular weight is 123 g/mol. The molecule has 3 heteroatoms. The molecular weight excluding hydrogens is 123 g/mol. The van der Waals surface area contributed by atoms with E-state index in [1.165, 1.54) is 0 Å². The summed E-state index contributed by atoms with van der Waals surface area (Å²) in [6, 6.07) is 0. The molecule has 0 aliphatic carbocycles. The van der Waals surface area contributed by atoms with Gasteiger partial charge in [0.2, 0.25) is 0 Å². The van der Waals surface area contributed by atoms with E-state index >= 15 is 0 Å². The van der Waals surface area contributed by atoms with Gasteiger partial charge in [0.1, 0.15) is 0 Å². The second-order valence-electron chi connectivity index (χ2n) is 0.189. The van der Waals surface area contributed by atoms with Gasteiger partial charge in [-0.25, -0.2) is 0 Å². The third-order valence-electron chi connectivity index (χ3n) is 0.0357. The van der Waals surface area contributed by atoms with Crippen molar-refractivity contribution in [3.8, 4) is 4.91 Å². The topological polar surface area (TPSA) is 0 Å². The molecule has 0 fully saturated rings. The van der Waals surface area contributed by atoms with Crippen molar-refractivity contribution in [1.29, 1.82) is 0 Å². The van der Waals surface area contributed by atoms with Crippen LogP contribution in [0.3, 0.4) is 0 Å². The predicted octanol–water partition coefficient (Wildman–Crippen LogP) is 0.461. The molecule has 0 aromatic carbocycles. The maximum atomic E-state index is 10.4. The summed E-state index contributed by atoms with van der Waals surface area (Å²) in [7, 11) is 0. The minimum absolute atomic E-state index is 0.889. The van der Waals surface area contributed by atoms with E-state index in [9.17, 15) is 7.89 Å². The zero-order chi connectivity index (χ0) is 3.41. The van der Waals surface area contributed by atoms with Gasteiger partial charge in [-0.3, -0.25) is 0 Å². The van der Waals surface area contributed by atoms with Gasteiger partial charge in [0, 0.05) is 0 Å². The third-order valence-corrected chi connectivity index (χ3v) is 0.186. The molecule has 0 rings (SSSR count). The first-order valence-corrected chi connectivity index (χ1v) is 2.47. The molecular formula is CF2Ge. The van der Waals surface area contributed by atoms with E-state index < -0.39 is 15.3 Å². The molecule has 4 heavy (non-hydrogen) atoms. The Balaban J connectivity index is 2.83. The van der Waals surface area contributed by atoms with E-state index in [0.29, 0.717) is 0 Å². The summed E-state index contributed by atoms with van der Waals surface area (Å²) in [4.78, 5) is 0.889. The molecule has 0 unspecified atom stereocenters. The van der Waals surface area contributed by atoms with Gasteiger partial charge in [0.25, 0.3) is 0 Å². The molecule has 0 aromatic rings. The number of halogens is 2. The monoisotopic (exact) mass is 124 g/mol. The van der Waals surface area contributed by atoms with Gasteiger partial charge in [-0.15, -0.1) is 0 Å². The van der Waals surface area contributed by atoms with Gasteiger partial charge < -0.3 is 0 Å². The normalized spacial score (nSPS) is 3.50. The van der Waals surface area contributed by atoms with Crippen LogP contribution in [0.1, 0.15) is 0 Å². The Labute approximate surface area is 28.9 Å². The van der Waals surface area contributed by atoms with Crippen LogP contribution in [-0.2, 0) is 0 Å². The van der Waals surface area contributed by atoms with Crippen LogP contribution in [-0.4, -0.2) is 15.3 Å². The van der Waals surface area contributed by atoms with Crippen LogP contribution in [0.4, 0.5) is 7.89 Å². The van der Waals surface area contributed by atoms with E-state index in [-0.39, 0.29) is 0 Å². The zero-order valence-corrected chi connectivity index (χ0v) is 3.85. The van der Waals surface area contributed by atoms with Gasteiger partial charge in [0.15, 0.2) is 0 Å². The fourth-order valence-corrected chi connectivity index (χ4v) is 0. The van der Waals surface area contributed by atoms with Crippen molar-refractivity contribution in [1.82, 2.24) is 0 Å². The van der Waals surface area contributed by atoms with Gasteiger partial charge in [0.05, 0.1) is 0 Å². The second kappa shape index (κ2) is 3.18. The molecule has 0 aliphatic rings. The summed E-state index contributed by atoms with van der Waals surface area (Å²) < 4.78 is 20.5. The Morgan fingerprint density at radius 1 is 1.75 bits per heavy atom. The van der Waals surface area contributed by atoms with Crippen LogP contribution < -0.4 is 0 Å². The number of rotatable bonds is 0. The Morgan fingerprint density at radius 3 is 2.00 bits per heavy atom. The summed E-state index contributed by atoms with van der Waals surface area (Å²) in [5.74, 6) is 0. The zero-order valence-electron chi connectivity index (χ0n) is 1.76. The first-order valence-electron chi connectivity index (χ1n) is 0.628. The van der Waals surface area contributed by atoms with Crippen molar-refractivity contribution in [2.24, 2.45) is 0 Å². The standard InChI is InChI=1S/CF2Ge/c2-1-4-3. The first-order chi connectivity index (χ1) is 1.91. The average Bonchev–Trinajstić information content (AvgIpc) is 1.37. The maximum absolute atomic E-state index is 10.4. The molecule has 0 spiro atoms. The van der Waals surface area contributed by atoms with Crippen molar-refractivity contribution in [3.05, 3.63) is 0 Å². The van der Waals surface area contributed by atoms with E-state index in [1.54, 1.807) is 0 Å². The van der Waals surface area contributed by atoms with Crippen molar-refractivity contribution < 1.29 is 7.89 Å². The van der Waals surface area contributed by atoms with Crippen LogP contribution in [0.15, 0.2) is 0 Å². The fraction of sp³-hybridized carbons (Fsp3) is 0. The molecule has 0 atom stereocenters. The molecule has 0 nitrogen and oxygen atoms in total. The van der Waals surface area contributed by atoms with Crippen LogP contribution in [0.2, 0.25) is 0 Å². The van der Waals surface area contributed by atoms with Crippen LogP contribution in [0.5, 0.6) is 0 Å². The quantitative estimate of drug-likeness (QED) is 0.410. The number of hydrogen-bond donors (Lipinski definition) is 0. The molecule has 0 saturated heterocycles. The molecule has 0 heterocycles. The van der Waals surface area contributed by atoms with Gasteiger partial charge in [-0.2, -0.15) is 0 Å². The first kappa shape index (κ1) is 4.18. The van der Waals surface area contributed by atoms with Gasteiger partial charge >= 0.3 is 28.1 Å². The molecule has 0 N–H and O–H groups in total. The van der Waals surface area contributed by atoms with E-state index in [2.05, 4.69) is 0 Å². The molecule has 0 saturated carbocycles. The number of hydrogen-bond acceptors (Lipinski definition) is 0. The van der Waals surface area contributed by atoms with Gasteiger partial charge in [-0.05, 0) is 0 Å². The summed E-state index contributed by atoms with van der Waals surface area (Å²) in [5, 5.41) is 0.